The van der Waals surface area contributed by atoms with E-state index in [1.54, 1.807) is 24.3 Å². The van der Waals surface area contributed by atoms with Gasteiger partial charge in [0.1, 0.15) is 11.6 Å². The molecular weight excluding hydrogens is 300 g/mol. The lowest BCUT2D eigenvalue weighted by Gasteiger charge is -2.13. The van der Waals surface area contributed by atoms with Crippen molar-refractivity contribution >= 4 is 17.1 Å². The summed E-state index contributed by atoms with van der Waals surface area (Å²) < 4.78 is 7.65. The molecule has 3 heterocycles. The van der Waals surface area contributed by atoms with Crippen molar-refractivity contribution in [3.05, 3.63) is 62.6 Å². The number of benzene rings is 1. The molecule has 8 heteroatoms. The molecule has 1 atom stereocenters. The Balaban J connectivity index is 1.85. The van der Waals surface area contributed by atoms with Gasteiger partial charge in [0, 0.05) is 12.6 Å². The summed E-state index contributed by atoms with van der Waals surface area (Å²) in [5.74, 6) is -0.446. The smallest absolute Gasteiger partial charge is 0.339 e. The fraction of sp³-hybridized carbons (Fsp3) is 0.200. The Bertz CT molecular complexity index is 1060. The number of imidazole rings is 1. The molecule has 0 radical (unpaired) electrons. The molecule has 0 saturated carbocycles. The number of aromatic nitrogens is 4. The molecule has 3 aromatic rings. The third kappa shape index (κ3) is 1.84. The van der Waals surface area contributed by atoms with E-state index in [2.05, 4.69) is 9.97 Å². The molecule has 1 aromatic carbocycles. The Kier molecular flexibility index (Phi) is 2.74. The van der Waals surface area contributed by atoms with E-state index in [0.717, 1.165) is 4.57 Å². The van der Waals surface area contributed by atoms with Crippen LogP contribution in [0.4, 0.5) is 0 Å². The fourth-order valence-corrected chi connectivity index (χ4v) is 2.87. The molecule has 1 N–H and O–H groups in total. The lowest BCUT2D eigenvalue weighted by Crippen LogP contribution is -2.40. The van der Waals surface area contributed by atoms with E-state index in [1.165, 1.54) is 17.9 Å². The minimum Gasteiger partial charge on any atom is -0.452 e. The number of H-pyrrole nitrogens is 1. The number of ether oxygens (including phenoxy) is 1. The zero-order valence-electron chi connectivity index (χ0n) is 12.1. The molecule has 116 valence electrons. The monoisotopic (exact) mass is 312 g/mol. The molecule has 0 bridgehead atoms. The molecule has 0 saturated heterocycles. The van der Waals surface area contributed by atoms with Crippen LogP contribution in [0.15, 0.2) is 40.2 Å². The van der Waals surface area contributed by atoms with Gasteiger partial charge in [-0.25, -0.2) is 14.6 Å². The summed E-state index contributed by atoms with van der Waals surface area (Å²) in [5, 5.41) is 0. The van der Waals surface area contributed by atoms with Crippen LogP contribution < -0.4 is 11.2 Å². The van der Waals surface area contributed by atoms with Crippen LogP contribution in [0.2, 0.25) is 0 Å². The van der Waals surface area contributed by atoms with Crippen molar-refractivity contribution in [1.82, 2.24) is 19.1 Å². The Hall–Kier alpha value is -3.16. The number of aryl methyl sites for hydroxylation is 1. The number of nitrogens with zero attached hydrogens (tertiary/aromatic N) is 3. The van der Waals surface area contributed by atoms with Crippen molar-refractivity contribution in [2.24, 2.45) is 7.05 Å². The number of rotatable bonds is 2. The summed E-state index contributed by atoms with van der Waals surface area (Å²) in [6, 6.07) is 6.95. The topological polar surface area (TPSA) is 99.0 Å². The second kappa shape index (κ2) is 4.67. The molecule has 2 aromatic heterocycles. The normalized spacial score (nSPS) is 16.6. The Labute approximate surface area is 129 Å². The minimum atomic E-state index is -0.663. The van der Waals surface area contributed by atoms with Gasteiger partial charge >= 0.3 is 11.7 Å². The first kappa shape index (κ1) is 13.5. The average Bonchev–Trinajstić information content (AvgIpc) is 3.16. The number of hydrogen-bond donors (Lipinski definition) is 1. The van der Waals surface area contributed by atoms with Gasteiger partial charge in [0.25, 0.3) is 5.56 Å². The minimum absolute atomic E-state index is 0.0385. The van der Waals surface area contributed by atoms with Crippen molar-refractivity contribution in [2.45, 2.75) is 12.6 Å². The Morgan fingerprint density at radius 2 is 2.04 bits per heavy atom. The number of nitrogens with one attached hydrogen (secondary N) is 1. The van der Waals surface area contributed by atoms with Crippen LogP contribution in [-0.2, 0) is 18.3 Å². The Morgan fingerprint density at radius 1 is 1.26 bits per heavy atom. The maximum atomic E-state index is 12.5. The van der Waals surface area contributed by atoms with E-state index in [1.807, 2.05) is 0 Å². The summed E-state index contributed by atoms with van der Waals surface area (Å²) in [5.41, 5.74) is 0.682. The predicted octanol–water partition coefficient (Wildman–Crippen LogP) is 0.335. The van der Waals surface area contributed by atoms with Crippen molar-refractivity contribution < 1.29 is 9.53 Å². The van der Waals surface area contributed by atoms with Crippen LogP contribution in [0.25, 0.3) is 11.2 Å². The van der Waals surface area contributed by atoms with E-state index in [9.17, 15) is 14.4 Å². The molecule has 0 amide bonds. The highest BCUT2D eigenvalue weighted by molar-refractivity contribution is 5.93. The van der Waals surface area contributed by atoms with Gasteiger partial charge in [-0.2, -0.15) is 0 Å². The van der Waals surface area contributed by atoms with Crippen LogP contribution in [0.1, 0.15) is 22.0 Å². The second-order valence-corrected chi connectivity index (χ2v) is 5.34. The van der Waals surface area contributed by atoms with Crippen LogP contribution in [0.5, 0.6) is 0 Å². The van der Waals surface area contributed by atoms with E-state index in [4.69, 9.17) is 4.74 Å². The number of carbonyl (C=O) groups excluding carboxylic acids is 1. The molecular formula is C15H12N4O4. The van der Waals surface area contributed by atoms with Gasteiger partial charge in [-0.3, -0.25) is 13.9 Å². The number of carbonyl (C=O) groups is 1. The number of cyclic esters (lactones) is 1. The largest absolute Gasteiger partial charge is 0.452 e. The second-order valence-electron chi connectivity index (χ2n) is 5.34. The van der Waals surface area contributed by atoms with Gasteiger partial charge in [-0.15, -0.1) is 0 Å². The highest BCUT2D eigenvalue weighted by Gasteiger charge is 2.31. The zero-order valence-corrected chi connectivity index (χ0v) is 12.1. The van der Waals surface area contributed by atoms with Crippen LogP contribution in [-0.4, -0.2) is 25.1 Å². The molecule has 0 spiro atoms. The molecule has 8 nitrogen and oxygen atoms in total. The zero-order chi connectivity index (χ0) is 16.1. The fourth-order valence-electron chi connectivity index (χ4n) is 2.87. The van der Waals surface area contributed by atoms with Crippen LogP contribution >= 0.6 is 0 Å². The lowest BCUT2D eigenvalue weighted by atomic mass is 10.1. The number of fused-ring (bicyclic) bond motifs is 2. The Morgan fingerprint density at radius 3 is 2.87 bits per heavy atom. The first-order valence-electron chi connectivity index (χ1n) is 7.00. The summed E-state index contributed by atoms with van der Waals surface area (Å²) >= 11 is 0. The molecule has 1 aliphatic heterocycles. The van der Waals surface area contributed by atoms with E-state index >= 15 is 0 Å². The van der Waals surface area contributed by atoms with Crippen molar-refractivity contribution in [2.75, 3.05) is 0 Å². The van der Waals surface area contributed by atoms with Gasteiger partial charge in [-0.1, -0.05) is 18.2 Å². The average molecular weight is 312 g/mol. The van der Waals surface area contributed by atoms with Crippen LogP contribution in [0, 0.1) is 0 Å². The quantitative estimate of drug-likeness (QED) is 0.688. The van der Waals surface area contributed by atoms with E-state index in [-0.39, 0.29) is 12.1 Å². The molecule has 4 rings (SSSR count). The number of esters is 1. The standard InChI is InChI=1S/C15H12N4O4/c1-18-12-11(16-7-17-12)13(20)19(15(18)22)6-10-8-4-2-3-5-9(8)14(21)23-10/h2-5,7,10H,6H2,1H3,(H,16,17). The highest BCUT2D eigenvalue weighted by Crippen LogP contribution is 2.30. The summed E-state index contributed by atoms with van der Waals surface area (Å²) in [6.45, 7) is -0.0385. The summed E-state index contributed by atoms with van der Waals surface area (Å²) in [7, 11) is 1.54. The number of aromatic amines is 1. The summed E-state index contributed by atoms with van der Waals surface area (Å²) in [6.07, 6.45) is 0.699. The lowest BCUT2D eigenvalue weighted by molar-refractivity contribution is 0.0344. The summed E-state index contributed by atoms with van der Waals surface area (Å²) in [4.78, 5) is 43.5. The predicted molar refractivity (Wildman–Crippen MR) is 80.2 cm³/mol. The first-order chi connectivity index (χ1) is 11.1. The maximum Gasteiger partial charge on any atom is 0.339 e. The van der Waals surface area contributed by atoms with Gasteiger partial charge in [-0.05, 0) is 6.07 Å². The van der Waals surface area contributed by atoms with Gasteiger partial charge in [0.05, 0.1) is 18.4 Å². The SMILES string of the molecule is Cn1c(=O)n(CC2OC(=O)c3ccccc32)c(=O)c2[nH]cnc21. The first-order valence-corrected chi connectivity index (χ1v) is 7.00. The third-order valence-corrected chi connectivity index (χ3v) is 4.04. The molecule has 0 fully saturated rings. The van der Waals surface area contributed by atoms with Crippen molar-refractivity contribution in [1.29, 1.82) is 0 Å². The van der Waals surface area contributed by atoms with Gasteiger partial charge in [0.15, 0.2) is 5.65 Å². The van der Waals surface area contributed by atoms with Crippen LogP contribution in [0.3, 0.4) is 0 Å². The van der Waals surface area contributed by atoms with Gasteiger partial charge < -0.3 is 9.72 Å². The van der Waals surface area contributed by atoms with Crippen molar-refractivity contribution in [3.8, 4) is 0 Å². The molecule has 23 heavy (non-hydrogen) atoms. The highest BCUT2D eigenvalue weighted by atomic mass is 16.5. The maximum absolute atomic E-state index is 12.5. The molecule has 0 aliphatic carbocycles. The molecule has 1 unspecified atom stereocenters. The van der Waals surface area contributed by atoms with E-state index < -0.39 is 23.3 Å². The third-order valence-electron chi connectivity index (χ3n) is 4.04. The van der Waals surface area contributed by atoms with E-state index in [0.29, 0.717) is 16.8 Å². The van der Waals surface area contributed by atoms with Crippen molar-refractivity contribution in [3.63, 3.8) is 0 Å². The van der Waals surface area contributed by atoms with Gasteiger partial charge in [0.2, 0.25) is 0 Å². The molecule has 1 aliphatic rings. The number of hydrogen-bond acceptors (Lipinski definition) is 5.